The summed E-state index contributed by atoms with van der Waals surface area (Å²) in [5.41, 5.74) is 5.87. The second-order valence-electron chi connectivity index (χ2n) is 5.87. The van der Waals surface area contributed by atoms with Crippen molar-refractivity contribution in [2.24, 2.45) is 0 Å². The molecule has 2 aliphatic rings. The van der Waals surface area contributed by atoms with Gasteiger partial charge in [-0.15, -0.1) is 0 Å². The van der Waals surface area contributed by atoms with E-state index in [2.05, 4.69) is 54.4 Å². The summed E-state index contributed by atoms with van der Waals surface area (Å²) in [5.74, 6) is 1.58. The number of nitrogens with zero attached hydrogens (tertiary/aromatic N) is 1. The predicted octanol–water partition coefficient (Wildman–Crippen LogP) is 3.20. The summed E-state index contributed by atoms with van der Waals surface area (Å²) in [4.78, 5) is 2.42. The van der Waals surface area contributed by atoms with Crippen molar-refractivity contribution >= 4 is 0 Å². The van der Waals surface area contributed by atoms with E-state index in [4.69, 9.17) is 4.74 Å². The van der Waals surface area contributed by atoms with Crippen LogP contribution in [0.1, 0.15) is 28.2 Å². The van der Waals surface area contributed by atoms with Gasteiger partial charge in [0.25, 0.3) is 0 Å². The normalized spacial score (nSPS) is 21.1. The van der Waals surface area contributed by atoms with Crippen LogP contribution in [0.4, 0.5) is 0 Å². The first-order chi connectivity index (χ1) is 9.83. The van der Waals surface area contributed by atoms with E-state index in [1.54, 1.807) is 0 Å². The van der Waals surface area contributed by atoms with E-state index in [-0.39, 0.29) is 0 Å². The Kier molecular flexibility index (Phi) is 2.78. The third-order valence-electron chi connectivity index (χ3n) is 4.50. The van der Waals surface area contributed by atoms with Gasteiger partial charge in [0.1, 0.15) is 5.75 Å². The monoisotopic (exact) mass is 265 g/mol. The highest BCUT2D eigenvalue weighted by Crippen LogP contribution is 2.41. The molecule has 1 atom stereocenters. The standard InChI is InChI=1S/C18H19NO/c1-19-11-14-7-8-17-15(9-10-20-17)18(14)16(12-19)13-5-3-2-4-6-13/h2-8,16H,9-12H2,1H3. The van der Waals surface area contributed by atoms with Crippen LogP contribution in [0.25, 0.3) is 0 Å². The maximum absolute atomic E-state index is 5.76. The van der Waals surface area contributed by atoms with Gasteiger partial charge in [0.2, 0.25) is 0 Å². The van der Waals surface area contributed by atoms with Crippen LogP contribution in [-0.2, 0) is 13.0 Å². The molecule has 0 saturated heterocycles. The van der Waals surface area contributed by atoms with E-state index in [1.165, 1.54) is 22.3 Å². The first-order valence-corrected chi connectivity index (χ1v) is 7.34. The van der Waals surface area contributed by atoms with Crippen LogP contribution >= 0.6 is 0 Å². The minimum atomic E-state index is 0.474. The summed E-state index contributed by atoms with van der Waals surface area (Å²) in [6, 6.07) is 15.3. The Hall–Kier alpha value is -1.80. The lowest BCUT2D eigenvalue weighted by molar-refractivity contribution is 0.294. The summed E-state index contributed by atoms with van der Waals surface area (Å²) in [6.45, 7) is 2.97. The average molecular weight is 265 g/mol. The van der Waals surface area contributed by atoms with E-state index in [0.29, 0.717) is 5.92 Å². The molecule has 20 heavy (non-hydrogen) atoms. The van der Waals surface area contributed by atoms with Crippen LogP contribution in [0.5, 0.6) is 5.75 Å². The molecular formula is C18H19NO. The lowest BCUT2D eigenvalue weighted by Crippen LogP contribution is -2.31. The molecule has 1 unspecified atom stereocenters. The van der Waals surface area contributed by atoms with Gasteiger partial charge in [0.15, 0.2) is 0 Å². The number of benzene rings is 2. The zero-order chi connectivity index (χ0) is 13.5. The van der Waals surface area contributed by atoms with Crippen molar-refractivity contribution in [3.8, 4) is 5.75 Å². The quantitative estimate of drug-likeness (QED) is 0.785. The Morgan fingerprint density at radius 3 is 2.80 bits per heavy atom. The lowest BCUT2D eigenvalue weighted by Gasteiger charge is -2.34. The fraction of sp³-hybridized carbons (Fsp3) is 0.333. The first-order valence-electron chi connectivity index (χ1n) is 7.34. The van der Waals surface area contributed by atoms with Crippen LogP contribution in [-0.4, -0.2) is 25.1 Å². The van der Waals surface area contributed by atoms with Crippen molar-refractivity contribution in [1.29, 1.82) is 0 Å². The first kappa shape index (κ1) is 12.0. The predicted molar refractivity (Wildman–Crippen MR) is 80.3 cm³/mol. The second kappa shape index (κ2) is 4.64. The van der Waals surface area contributed by atoms with E-state index in [9.17, 15) is 0 Å². The lowest BCUT2D eigenvalue weighted by atomic mass is 9.81. The third-order valence-corrected chi connectivity index (χ3v) is 4.50. The molecule has 2 heteroatoms. The van der Waals surface area contributed by atoms with E-state index >= 15 is 0 Å². The maximum Gasteiger partial charge on any atom is 0.122 e. The largest absolute Gasteiger partial charge is 0.493 e. The SMILES string of the molecule is CN1Cc2ccc3c(c2C(c2ccccc2)C1)CCO3. The maximum atomic E-state index is 5.76. The molecular weight excluding hydrogens is 246 g/mol. The molecule has 0 aliphatic carbocycles. The molecule has 2 nitrogen and oxygen atoms in total. The second-order valence-corrected chi connectivity index (χ2v) is 5.87. The van der Waals surface area contributed by atoms with Gasteiger partial charge in [-0.1, -0.05) is 36.4 Å². The third kappa shape index (κ3) is 1.83. The Balaban J connectivity index is 1.89. The molecule has 0 fully saturated rings. The highest BCUT2D eigenvalue weighted by Gasteiger charge is 2.30. The molecule has 0 aromatic heterocycles. The number of rotatable bonds is 1. The van der Waals surface area contributed by atoms with E-state index in [0.717, 1.165) is 31.9 Å². The molecule has 0 N–H and O–H groups in total. The molecule has 0 amide bonds. The van der Waals surface area contributed by atoms with Gasteiger partial charge in [-0.05, 0) is 29.8 Å². The van der Waals surface area contributed by atoms with Gasteiger partial charge in [0.05, 0.1) is 6.61 Å². The van der Waals surface area contributed by atoms with Crippen LogP contribution in [0, 0.1) is 0 Å². The van der Waals surface area contributed by atoms with Gasteiger partial charge < -0.3 is 9.64 Å². The van der Waals surface area contributed by atoms with Gasteiger partial charge in [-0.3, -0.25) is 0 Å². The molecule has 2 aromatic carbocycles. The Morgan fingerprint density at radius 2 is 1.95 bits per heavy atom. The minimum absolute atomic E-state index is 0.474. The molecule has 0 spiro atoms. The van der Waals surface area contributed by atoms with Crippen molar-refractivity contribution in [1.82, 2.24) is 4.90 Å². The van der Waals surface area contributed by atoms with Gasteiger partial charge in [-0.25, -0.2) is 0 Å². The van der Waals surface area contributed by atoms with Crippen molar-refractivity contribution in [2.75, 3.05) is 20.2 Å². The number of likely N-dealkylation sites (N-methyl/N-ethyl adjacent to an activating group) is 1. The summed E-state index contributed by atoms with van der Waals surface area (Å²) in [6.07, 6.45) is 1.06. The van der Waals surface area contributed by atoms with Crippen molar-refractivity contribution < 1.29 is 4.74 Å². The zero-order valence-electron chi connectivity index (χ0n) is 11.8. The molecule has 0 saturated carbocycles. The minimum Gasteiger partial charge on any atom is -0.493 e. The molecule has 2 heterocycles. The number of ether oxygens (including phenoxy) is 1. The summed E-state index contributed by atoms with van der Waals surface area (Å²) in [7, 11) is 2.21. The van der Waals surface area contributed by atoms with E-state index < -0.39 is 0 Å². The van der Waals surface area contributed by atoms with E-state index in [1.807, 2.05) is 0 Å². The van der Waals surface area contributed by atoms with Gasteiger partial charge >= 0.3 is 0 Å². The van der Waals surface area contributed by atoms with Crippen LogP contribution in [0.2, 0.25) is 0 Å². The topological polar surface area (TPSA) is 12.5 Å². The average Bonchev–Trinajstić information content (AvgIpc) is 2.95. The summed E-state index contributed by atoms with van der Waals surface area (Å²) >= 11 is 0. The van der Waals surface area contributed by atoms with Gasteiger partial charge in [0, 0.05) is 31.0 Å². The summed E-state index contributed by atoms with van der Waals surface area (Å²) in [5, 5.41) is 0. The molecule has 102 valence electrons. The zero-order valence-corrected chi connectivity index (χ0v) is 11.8. The van der Waals surface area contributed by atoms with Crippen LogP contribution < -0.4 is 4.74 Å². The number of fused-ring (bicyclic) bond motifs is 3. The van der Waals surface area contributed by atoms with Crippen LogP contribution in [0.15, 0.2) is 42.5 Å². The van der Waals surface area contributed by atoms with Crippen molar-refractivity contribution in [2.45, 2.75) is 18.9 Å². The molecule has 2 aliphatic heterocycles. The number of hydrogen-bond acceptors (Lipinski definition) is 2. The smallest absolute Gasteiger partial charge is 0.122 e. The fourth-order valence-corrected chi connectivity index (χ4v) is 3.64. The number of hydrogen-bond donors (Lipinski definition) is 0. The van der Waals surface area contributed by atoms with Crippen molar-refractivity contribution in [3.05, 3.63) is 64.7 Å². The molecule has 0 radical (unpaired) electrons. The van der Waals surface area contributed by atoms with Crippen LogP contribution in [0.3, 0.4) is 0 Å². The van der Waals surface area contributed by atoms with Gasteiger partial charge in [-0.2, -0.15) is 0 Å². The molecule has 0 bridgehead atoms. The van der Waals surface area contributed by atoms with Crippen molar-refractivity contribution in [3.63, 3.8) is 0 Å². The molecule has 2 aromatic rings. The Morgan fingerprint density at radius 1 is 1.10 bits per heavy atom. The Labute approximate surface area is 120 Å². The Bertz CT molecular complexity index is 635. The molecule has 4 rings (SSSR count). The fourth-order valence-electron chi connectivity index (χ4n) is 3.64. The highest BCUT2D eigenvalue weighted by molar-refractivity contribution is 5.53. The summed E-state index contributed by atoms with van der Waals surface area (Å²) < 4.78 is 5.76. The highest BCUT2D eigenvalue weighted by atomic mass is 16.5.